The van der Waals surface area contributed by atoms with Gasteiger partial charge in [0.25, 0.3) is 0 Å². The van der Waals surface area contributed by atoms with Crippen molar-refractivity contribution in [2.45, 2.75) is 19.8 Å². The third-order valence-electron chi connectivity index (χ3n) is 9.48. The largest absolute Gasteiger partial charge is 0.0991 e. The van der Waals surface area contributed by atoms with Crippen LogP contribution in [0.5, 0.6) is 0 Å². The Bertz CT molecular complexity index is 2490. The zero-order chi connectivity index (χ0) is 33.7. The number of aryl methyl sites for hydroxylation is 1. The van der Waals surface area contributed by atoms with Gasteiger partial charge in [0, 0.05) is 0 Å². The normalized spacial score (nSPS) is 11.0. The maximum atomic E-state index is 4.04. The quantitative estimate of drug-likeness (QED) is 0.122. The molecule has 0 N–H and O–H groups in total. The van der Waals surface area contributed by atoms with Gasteiger partial charge in [-0.1, -0.05) is 179 Å². The van der Waals surface area contributed by atoms with Gasteiger partial charge in [-0.05, 0) is 112 Å². The molecule has 0 heteroatoms. The number of hydrogen-bond acceptors (Lipinski definition) is 0. The number of hydrogen-bond donors (Lipinski definition) is 0. The fourth-order valence-electron chi connectivity index (χ4n) is 7.22. The maximum Gasteiger partial charge on any atom is -0.00143 e. The van der Waals surface area contributed by atoms with Crippen molar-refractivity contribution < 1.29 is 0 Å². The second kappa shape index (κ2) is 14.0. The number of fused-ring (bicyclic) bond motifs is 7. The molecule has 0 radical (unpaired) electrons. The number of allylic oxidation sites excluding steroid dienone is 2. The first-order chi connectivity index (χ1) is 24.1. The molecule has 0 aliphatic heterocycles. The Morgan fingerprint density at radius 2 is 1.08 bits per heavy atom. The molecule has 0 aliphatic carbocycles. The Labute approximate surface area is 290 Å². The minimum Gasteiger partial charge on any atom is -0.0991 e. The zero-order valence-electron chi connectivity index (χ0n) is 28.1. The summed E-state index contributed by atoms with van der Waals surface area (Å²) in [6.45, 7) is 13.0. The van der Waals surface area contributed by atoms with Crippen LogP contribution in [0.25, 0.3) is 82.5 Å². The van der Waals surface area contributed by atoms with E-state index in [1.54, 1.807) is 12.2 Å². The van der Waals surface area contributed by atoms with E-state index in [-0.39, 0.29) is 0 Å². The molecule has 0 nitrogen and oxygen atoms in total. The van der Waals surface area contributed by atoms with Crippen LogP contribution in [-0.2, 0) is 6.42 Å². The van der Waals surface area contributed by atoms with E-state index in [4.69, 9.17) is 0 Å². The summed E-state index contributed by atoms with van der Waals surface area (Å²) < 4.78 is 0. The lowest BCUT2D eigenvalue weighted by Crippen LogP contribution is -1.91. The Morgan fingerprint density at radius 3 is 1.82 bits per heavy atom. The smallest absolute Gasteiger partial charge is 0.00143 e. The van der Waals surface area contributed by atoms with E-state index in [0.717, 1.165) is 12.8 Å². The van der Waals surface area contributed by atoms with Gasteiger partial charge in [-0.15, -0.1) is 0 Å². The molecular formula is C49H40. The lowest BCUT2D eigenvalue weighted by molar-refractivity contribution is 0.920. The highest BCUT2D eigenvalue weighted by molar-refractivity contribution is 6.31. The van der Waals surface area contributed by atoms with Gasteiger partial charge in [0.15, 0.2) is 0 Å². The molecule has 0 amide bonds. The number of benzene rings is 8. The van der Waals surface area contributed by atoms with Crippen LogP contribution < -0.4 is 0 Å². The average molecular weight is 629 g/mol. The molecule has 0 aliphatic rings. The third-order valence-corrected chi connectivity index (χ3v) is 9.48. The van der Waals surface area contributed by atoms with E-state index in [2.05, 4.69) is 172 Å². The average Bonchev–Trinajstić information content (AvgIpc) is 3.17. The van der Waals surface area contributed by atoms with Gasteiger partial charge in [-0.25, -0.2) is 0 Å². The number of rotatable bonds is 7. The summed E-state index contributed by atoms with van der Waals surface area (Å²) in [5, 5.41) is 10.3. The first-order valence-corrected chi connectivity index (χ1v) is 17.1. The van der Waals surface area contributed by atoms with Crippen molar-refractivity contribution in [3.63, 3.8) is 0 Å². The summed E-state index contributed by atoms with van der Waals surface area (Å²) in [7, 11) is 0. The maximum absolute atomic E-state index is 4.04. The van der Waals surface area contributed by atoms with Crippen LogP contribution in [0.1, 0.15) is 24.5 Å². The molecule has 236 valence electrons. The summed E-state index contributed by atoms with van der Waals surface area (Å²) in [5.41, 5.74) is 10.1. The second-order valence-electron chi connectivity index (χ2n) is 12.5. The minimum absolute atomic E-state index is 1.05. The molecule has 0 spiro atoms. The fourth-order valence-corrected chi connectivity index (χ4v) is 7.22. The van der Waals surface area contributed by atoms with Crippen molar-refractivity contribution in [3.05, 3.63) is 189 Å². The van der Waals surface area contributed by atoms with Gasteiger partial charge in [-0.3, -0.25) is 0 Å². The van der Waals surface area contributed by atoms with Gasteiger partial charge < -0.3 is 0 Å². The molecule has 8 rings (SSSR count). The highest BCUT2D eigenvalue weighted by Gasteiger charge is 2.17. The summed E-state index contributed by atoms with van der Waals surface area (Å²) in [6, 6.07) is 53.9. The van der Waals surface area contributed by atoms with Gasteiger partial charge in [0.1, 0.15) is 0 Å². The van der Waals surface area contributed by atoms with Crippen molar-refractivity contribution in [2.24, 2.45) is 0 Å². The molecule has 0 aromatic heterocycles. The zero-order valence-corrected chi connectivity index (χ0v) is 28.1. The van der Waals surface area contributed by atoms with Crippen LogP contribution in [0.15, 0.2) is 177 Å². The van der Waals surface area contributed by atoms with Crippen molar-refractivity contribution in [1.29, 1.82) is 0 Å². The van der Waals surface area contributed by atoms with E-state index < -0.39 is 0 Å². The third kappa shape index (κ3) is 5.99. The van der Waals surface area contributed by atoms with Gasteiger partial charge in [0.05, 0.1) is 0 Å². The van der Waals surface area contributed by atoms with Gasteiger partial charge in [0.2, 0.25) is 0 Å². The molecule has 0 bridgehead atoms. The summed E-state index contributed by atoms with van der Waals surface area (Å²) in [5.74, 6) is 0. The van der Waals surface area contributed by atoms with E-state index in [1.807, 2.05) is 6.08 Å². The molecular weight excluding hydrogens is 589 g/mol. The van der Waals surface area contributed by atoms with Crippen LogP contribution in [0.2, 0.25) is 0 Å². The minimum atomic E-state index is 1.05. The highest BCUT2D eigenvalue weighted by atomic mass is 14.2. The van der Waals surface area contributed by atoms with Gasteiger partial charge >= 0.3 is 0 Å². The lowest BCUT2D eigenvalue weighted by Gasteiger charge is -2.18. The predicted octanol–water partition coefficient (Wildman–Crippen LogP) is 14.3. The second-order valence-corrected chi connectivity index (χ2v) is 12.5. The standard InChI is InChI=1S/C45H34.C4H6/c1-3-13-33-26-35(23-22-30(33)4-2)34-17-12-18-36(27-34)43-29-37-28-42(31-14-6-5-7-15-31)41-25-24-32-16-8-9-19-38(32)45(41)44(37)40-21-11-10-20-39(40)43;1-3-4-2/h4-12,14-29H,2-3,13H2,1H3;3-4H,1-2H2. The molecule has 0 unspecified atom stereocenters. The Balaban J connectivity index is 0.000000898. The van der Waals surface area contributed by atoms with E-state index >= 15 is 0 Å². The summed E-state index contributed by atoms with van der Waals surface area (Å²) in [4.78, 5) is 0. The molecule has 8 aromatic carbocycles. The fraction of sp³-hybridized carbons (Fsp3) is 0.0612. The monoisotopic (exact) mass is 628 g/mol. The van der Waals surface area contributed by atoms with Crippen LogP contribution in [0.3, 0.4) is 0 Å². The molecule has 0 saturated carbocycles. The van der Waals surface area contributed by atoms with Crippen LogP contribution in [0, 0.1) is 0 Å². The van der Waals surface area contributed by atoms with Crippen molar-refractivity contribution in [1.82, 2.24) is 0 Å². The topological polar surface area (TPSA) is 0 Å². The lowest BCUT2D eigenvalue weighted by atomic mass is 9.85. The first kappa shape index (κ1) is 31.6. The Kier molecular flexibility index (Phi) is 9.04. The van der Waals surface area contributed by atoms with Crippen molar-refractivity contribution in [2.75, 3.05) is 0 Å². The SMILES string of the molecule is C=CC=C.C=Cc1ccc(-c2cccc(-c3cc4cc(-c5ccccc5)c5ccc6ccccc6c5c4c4ccccc34)c2)cc1CCC. The van der Waals surface area contributed by atoms with Crippen LogP contribution >= 0.6 is 0 Å². The molecule has 0 heterocycles. The highest BCUT2D eigenvalue weighted by Crippen LogP contribution is 2.44. The molecule has 49 heavy (non-hydrogen) atoms. The van der Waals surface area contributed by atoms with Crippen molar-refractivity contribution >= 4 is 49.2 Å². The Hall–Kier alpha value is -5.98. The van der Waals surface area contributed by atoms with Crippen molar-refractivity contribution in [3.8, 4) is 33.4 Å². The molecule has 0 saturated heterocycles. The molecule has 8 aromatic rings. The van der Waals surface area contributed by atoms with Gasteiger partial charge in [-0.2, -0.15) is 0 Å². The summed E-state index contributed by atoms with van der Waals surface area (Å²) in [6.07, 6.45) is 7.42. The first-order valence-electron chi connectivity index (χ1n) is 17.1. The molecule has 0 fully saturated rings. The Morgan fingerprint density at radius 1 is 0.449 bits per heavy atom. The van der Waals surface area contributed by atoms with E-state index in [0.29, 0.717) is 0 Å². The van der Waals surface area contributed by atoms with E-state index in [9.17, 15) is 0 Å². The van der Waals surface area contributed by atoms with Crippen LogP contribution in [-0.4, -0.2) is 0 Å². The molecule has 0 atom stereocenters. The summed E-state index contributed by atoms with van der Waals surface area (Å²) >= 11 is 0. The van der Waals surface area contributed by atoms with E-state index in [1.165, 1.54) is 87.6 Å². The van der Waals surface area contributed by atoms with Crippen LogP contribution in [0.4, 0.5) is 0 Å². The predicted molar refractivity (Wildman–Crippen MR) is 217 cm³/mol.